The molecule has 1 aromatic rings. The lowest BCUT2D eigenvalue weighted by atomic mass is 9.98. The molecule has 1 N–H and O–H groups in total. The zero-order valence-corrected chi connectivity index (χ0v) is 10.8. The maximum Gasteiger partial charge on any atom is 0.164 e. The van der Waals surface area contributed by atoms with E-state index in [1.807, 2.05) is 0 Å². The van der Waals surface area contributed by atoms with Gasteiger partial charge in [0.15, 0.2) is 5.78 Å². The van der Waals surface area contributed by atoms with Gasteiger partial charge in [0, 0.05) is 24.2 Å². The molecule has 1 saturated heterocycles. The third kappa shape index (κ3) is 3.53. The number of Topliss-reactive ketones (excluding diaryl/α,β-unsaturated/α-hetero) is 1. The molecular weight excluding hydrogens is 228 g/mol. The van der Waals surface area contributed by atoms with Crippen LogP contribution in [-0.2, 0) is 0 Å². The first-order chi connectivity index (χ1) is 8.79. The summed E-state index contributed by atoms with van der Waals surface area (Å²) in [7, 11) is 1.58. The summed E-state index contributed by atoms with van der Waals surface area (Å²) in [4.78, 5) is 16.0. The molecule has 0 amide bonds. The first-order valence-corrected chi connectivity index (χ1v) is 6.55. The van der Waals surface area contributed by atoms with Gasteiger partial charge in [0.25, 0.3) is 0 Å². The summed E-state index contributed by atoms with van der Waals surface area (Å²) < 4.78 is 5.07. The van der Waals surface area contributed by atoms with E-state index in [1.165, 1.54) is 19.3 Å². The number of nitrogens with zero attached hydrogens (tertiary/aromatic N) is 1. The number of ether oxygens (including phenoxy) is 1. The van der Waals surface area contributed by atoms with Crippen LogP contribution >= 0.6 is 0 Å². The minimum atomic E-state index is 0.147. The highest BCUT2D eigenvalue weighted by molar-refractivity contribution is 5.96. The molecule has 0 aliphatic carbocycles. The molecule has 0 saturated carbocycles. The number of pyridine rings is 1. The van der Waals surface area contributed by atoms with Gasteiger partial charge in [-0.15, -0.1) is 0 Å². The lowest BCUT2D eigenvalue weighted by Gasteiger charge is -2.22. The quantitative estimate of drug-likeness (QED) is 0.812. The minimum absolute atomic E-state index is 0.147. The van der Waals surface area contributed by atoms with Gasteiger partial charge in [-0.25, -0.2) is 0 Å². The van der Waals surface area contributed by atoms with Crippen molar-refractivity contribution in [3.05, 3.63) is 24.0 Å². The van der Waals surface area contributed by atoms with Gasteiger partial charge in [-0.05, 0) is 31.9 Å². The average molecular weight is 248 g/mol. The lowest BCUT2D eigenvalue weighted by molar-refractivity contribution is 0.0973. The predicted molar refractivity (Wildman–Crippen MR) is 70.0 cm³/mol. The fraction of sp³-hybridized carbons (Fsp3) is 0.571. The van der Waals surface area contributed by atoms with Crippen molar-refractivity contribution in [2.24, 2.45) is 0 Å². The van der Waals surface area contributed by atoms with Gasteiger partial charge < -0.3 is 10.1 Å². The third-order valence-electron chi connectivity index (χ3n) is 3.40. The van der Waals surface area contributed by atoms with Gasteiger partial charge in [-0.2, -0.15) is 0 Å². The van der Waals surface area contributed by atoms with Crippen molar-refractivity contribution < 1.29 is 9.53 Å². The standard InChI is InChI=1S/C14H20N2O2/c1-18-13-8-11(9-15-10-13)14(17)6-5-12-4-2-3-7-16-12/h8-10,12,16H,2-7H2,1H3. The Balaban J connectivity index is 1.86. The van der Waals surface area contributed by atoms with E-state index >= 15 is 0 Å². The monoisotopic (exact) mass is 248 g/mol. The highest BCUT2D eigenvalue weighted by Gasteiger charge is 2.15. The second kappa shape index (κ2) is 6.50. The third-order valence-corrected chi connectivity index (χ3v) is 3.40. The van der Waals surface area contributed by atoms with Gasteiger partial charge in [0.1, 0.15) is 5.75 Å². The molecule has 18 heavy (non-hydrogen) atoms. The van der Waals surface area contributed by atoms with E-state index in [9.17, 15) is 4.79 Å². The largest absolute Gasteiger partial charge is 0.495 e. The maximum absolute atomic E-state index is 12.0. The molecule has 1 aliphatic heterocycles. The predicted octanol–water partition coefficient (Wildman–Crippen LogP) is 2.20. The van der Waals surface area contributed by atoms with E-state index in [0.717, 1.165) is 13.0 Å². The normalized spacial score (nSPS) is 19.5. The maximum atomic E-state index is 12.0. The number of aromatic nitrogens is 1. The molecule has 1 unspecified atom stereocenters. The summed E-state index contributed by atoms with van der Waals surface area (Å²) in [6.07, 6.45) is 8.42. The molecule has 0 radical (unpaired) electrons. The molecule has 2 heterocycles. The fourth-order valence-electron chi connectivity index (χ4n) is 2.30. The summed E-state index contributed by atoms with van der Waals surface area (Å²) in [6, 6.07) is 2.25. The van der Waals surface area contributed by atoms with Crippen LogP contribution in [0.2, 0.25) is 0 Å². The van der Waals surface area contributed by atoms with Crippen LogP contribution < -0.4 is 10.1 Å². The Kier molecular flexibility index (Phi) is 4.70. The fourth-order valence-corrected chi connectivity index (χ4v) is 2.30. The molecule has 1 fully saturated rings. The Morgan fingerprint density at radius 1 is 1.50 bits per heavy atom. The first kappa shape index (κ1) is 13.0. The Morgan fingerprint density at radius 3 is 3.11 bits per heavy atom. The van der Waals surface area contributed by atoms with Crippen LogP contribution in [0.3, 0.4) is 0 Å². The Bertz CT molecular complexity index is 401. The van der Waals surface area contributed by atoms with Gasteiger partial charge in [-0.3, -0.25) is 9.78 Å². The van der Waals surface area contributed by atoms with Crippen LogP contribution in [0.4, 0.5) is 0 Å². The average Bonchev–Trinajstić information content (AvgIpc) is 2.46. The van der Waals surface area contributed by atoms with E-state index in [1.54, 1.807) is 25.6 Å². The highest BCUT2D eigenvalue weighted by atomic mass is 16.5. The summed E-state index contributed by atoms with van der Waals surface area (Å²) in [6.45, 7) is 1.08. The number of piperidine rings is 1. The molecule has 98 valence electrons. The van der Waals surface area contributed by atoms with E-state index in [2.05, 4.69) is 10.3 Å². The van der Waals surface area contributed by atoms with Crippen molar-refractivity contribution in [1.29, 1.82) is 0 Å². The van der Waals surface area contributed by atoms with Crippen LogP contribution in [0.15, 0.2) is 18.5 Å². The number of carbonyl (C=O) groups excluding carboxylic acids is 1. The van der Waals surface area contributed by atoms with E-state index in [4.69, 9.17) is 4.74 Å². The number of rotatable bonds is 5. The van der Waals surface area contributed by atoms with Gasteiger partial charge in [0.05, 0.1) is 13.3 Å². The Labute approximate surface area is 108 Å². The zero-order valence-electron chi connectivity index (χ0n) is 10.8. The zero-order chi connectivity index (χ0) is 12.8. The van der Waals surface area contributed by atoms with Crippen molar-refractivity contribution in [1.82, 2.24) is 10.3 Å². The number of hydrogen-bond donors (Lipinski definition) is 1. The summed E-state index contributed by atoms with van der Waals surface area (Å²) >= 11 is 0. The molecule has 1 atom stereocenters. The minimum Gasteiger partial charge on any atom is -0.495 e. The van der Waals surface area contributed by atoms with E-state index in [0.29, 0.717) is 23.8 Å². The summed E-state index contributed by atoms with van der Waals surface area (Å²) in [5, 5.41) is 3.46. The molecule has 0 spiro atoms. The first-order valence-electron chi connectivity index (χ1n) is 6.55. The van der Waals surface area contributed by atoms with Crippen LogP contribution in [0.25, 0.3) is 0 Å². The number of nitrogens with one attached hydrogen (secondary N) is 1. The molecule has 4 heteroatoms. The summed E-state index contributed by atoms with van der Waals surface area (Å²) in [5.74, 6) is 0.783. The van der Waals surface area contributed by atoms with Crippen LogP contribution in [0.1, 0.15) is 42.5 Å². The van der Waals surface area contributed by atoms with Crippen molar-refractivity contribution in [2.45, 2.75) is 38.1 Å². The van der Waals surface area contributed by atoms with Gasteiger partial charge >= 0.3 is 0 Å². The molecule has 4 nitrogen and oxygen atoms in total. The van der Waals surface area contributed by atoms with Crippen LogP contribution in [-0.4, -0.2) is 30.5 Å². The van der Waals surface area contributed by atoms with Gasteiger partial charge in [-0.1, -0.05) is 6.42 Å². The molecule has 1 aliphatic rings. The SMILES string of the molecule is COc1cncc(C(=O)CCC2CCCCN2)c1. The number of carbonyl (C=O) groups is 1. The number of ketones is 1. The Hall–Kier alpha value is -1.42. The molecule has 0 aromatic carbocycles. The van der Waals surface area contributed by atoms with Crippen molar-refractivity contribution in [3.8, 4) is 5.75 Å². The van der Waals surface area contributed by atoms with Crippen LogP contribution in [0.5, 0.6) is 5.75 Å². The molecular formula is C14H20N2O2. The second-order valence-corrected chi connectivity index (χ2v) is 4.72. The topological polar surface area (TPSA) is 51.2 Å². The van der Waals surface area contributed by atoms with E-state index < -0.39 is 0 Å². The van der Waals surface area contributed by atoms with Crippen molar-refractivity contribution in [3.63, 3.8) is 0 Å². The Morgan fingerprint density at radius 2 is 2.39 bits per heavy atom. The molecule has 1 aromatic heterocycles. The van der Waals surface area contributed by atoms with Crippen molar-refractivity contribution >= 4 is 5.78 Å². The van der Waals surface area contributed by atoms with Gasteiger partial charge in [0.2, 0.25) is 0 Å². The number of methoxy groups -OCH3 is 1. The van der Waals surface area contributed by atoms with Crippen molar-refractivity contribution in [2.75, 3.05) is 13.7 Å². The summed E-state index contributed by atoms with van der Waals surface area (Å²) in [5.41, 5.74) is 0.644. The lowest BCUT2D eigenvalue weighted by Crippen LogP contribution is -2.34. The van der Waals surface area contributed by atoms with Crippen LogP contribution in [0, 0.1) is 0 Å². The second-order valence-electron chi connectivity index (χ2n) is 4.72. The smallest absolute Gasteiger partial charge is 0.164 e. The molecule has 2 rings (SSSR count). The number of hydrogen-bond acceptors (Lipinski definition) is 4. The highest BCUT2D eigenvalue weighted by Crippen LogP contribution is 2.16. The van der Waals surface area contributed by atoms with E-state index in [-0.39, 0.29) is 5.78 Å². The molecule has 0 bridgehead atoms.